The Balaban J connectivity index is 2.67. The van der Waals surface area contributed by atoms with Gasteiger partial charge in [-0.3, -0.25) is 4.98 Å². The summed E-state index contributed by atoms with van der Waals surface area (Å²) in [5, 5.41) is 5.11. The molecule has 1 aromatic carbocycles. The first kappa shape index (κ1) is 10.6. The predicted molar refractivity (Wildman–Crippen MR) is 68.7 cm³/mol. The van der Waals surface area contributed by atoms with Gasteiger partial charge >= 0.3 is 0 Å². The van der Waals surface area contributed by atoms with Crippen LogP contribution in [0.3, 0.4) is 0 Å². The standard InChI is InChI=1S/C11H11N3OS/c1-15-9-3-2-7-6-13-5-4-8(7)10(9)14-11(12)16/h2-6H,1H3,(H3,12,14,16). The molecule has 82 valence electrons. The first-order valence-electron chi connectivity index (χ1n) is 4.69. The Morgan fingerprint density at radius 1 is 1.44 bits per heavy atom. The number of benzene rings is 1. The second-order valence-electron chi connectivity index (χ2n) is 3.23. The van der Waals surface area contributed by atoms with Crippen molar-refractivity contribution in [2.45, 2.75) is 0 Å². The second-order valence-corrected chi connectivity index (χ2v) is 3.67. The number of thiocarbonyl (C=S) groups is 1. The number of nitrogens with zero attached hydrogens (tertiary/aromatic N) is 1. The minimum Gasteiger partial charge on any atom is -0.495 e. The van der Waals surface area contributed by atoms with Crippen LogP contribution in [-0.2, 0) is 0 Å². The van der Waals surface area contributed by atoms with Gasteiger partial charge < -0.3 is 15.8 Å². The van der Waals surface area contributed by atoms with Crippen LogP contribution >= 0.6 is 12.2 Å². The Hall–Kier alpha value is -1.88. The van der Waals surface area contributed by atoms with E-state index in [9.17, 15) is 0 Å². The molecule has 0 aliphatic rings. The lowest BCUT2D eigenvalue weighted by atomic mass is 10.1. The quantitative estimate of drug-likeness (QED) is 0.776. The minimum atomic E-state index is 0.211. The molecule has 0 spiro atoms. The lowest BCUT2D eigenvalue weighted by Crippen LogP contribution is -2.19. The number of aromatic nitrogens is 1. The molecule has 16 heavy (non-hydrogen) atoms. The molecule has 4 nitrogen and oxygen atoms in total. The van der Waals surface area contributed by atoms with Crippen LogP contribution in [0.15, 0.2) is 30.6 Å². The summed E-state index contributed by atoms with van der Waals surface area (Å²) >= 11 is 4.84. The summed E-state index contributed by atoms with van der Waals surface area (Å²) in [5.74, 6) is 0.700. The molecule has 5 heteroatoms. The van der Waals surface area contributed by atoms with E-state index in [0.29, 0.717) is 5.75 Å². The van der Waals surface area contributed by atoms with Crippen LogP contribution in [0.5, 0.6) is 5.75 Å². The largest absolute Gasteiger partial charge is 0.495 e. The molecule has 2 rings (SSSR count). The average molecular weight is 233 g/mol. The minimum absolute atomic E-state index is 0.211. The third-order valence-electron chi connectivity index (χ3n) is 2.25. The fourth-order valence-electron chi connectivity index (χ4n) is 1.57. The Labute approximate surface area is 98.4 Å². The number of nitrogens with two attached hydrogens (primary N) is 1. The molecule has 0 amide bonds. The molecule has 0 bridgehead atoms. The number of hydrogen-bond acceptors (Lipinski definition) is 3. The average Bonchev–Trinajstić information content (AvgIpc) is 2.29. The highest BCUT2D eigenvalue weighted by molar-refractivity contribution is 7.80. The van der Waals surface area contributed by atoms with Gasteiger partial charge in [0.25, 0.3) is 0 Å². The SMILES string of the molecule is COc1ccc2cnccc2c1NC(N)=S. The summed E-state index contributed by atoms with van der Waals surface area (Å²) in [6, 6.07) is 5.68. The second kappa shape index (κ2) is 4.32. The molecule has 1 heterocycles. The smallest absolute Gasteiger partial charge is 0.168 e. The zero-order valence-corrected chi connectivity index (χ0v) is 9.54. The maximum absolute atomic E-state index is 5.49. The summed E-state index contributed by atoms with van der Waals surface area (Å²) in [6.07, 6.45) is 3.49. The fourth-order valence-corrected chi connectivity index (χ4v) is 1.67. The maximum Gasteiger partial charge on any atom is 0.168 e. The number of rotatable bonds is 2. The van der Waals surface area contributed by atoms with Gasteiger partial charge in [0.15, 0.2) is 5.11 Å². The van der Waals surface area contributed by atoms with Crippen LogP contribution in [0.25, 0.3) is 10.8 Å². The molecule has 3 N–H and O–H groups in total. The number of fused-ring (bicyclic) bond motifs is 1. The van der Waals surface area contributed by atoms with Crippen molar-refractivity contribution < 1.29 is 4.74 Å². The summed E-state index contributed by atoms with van der Waals surface area (Å²) < 4.78 is 5.26. The van der Waals surface area contributed by atoms with E-state index in [1.165, 1.54) is 0 Å². The van der Waals surface area contributed by atoms with Crippen molar-refractivity contribution in [3.05, 3.63) is 30.6 Å². The van der Waals surface area contributed by atoms with E-state index in [-0.39, 0.29) is 5.11 Å². The summed E-state index contributed by atoms with van der Waals surface area (Å²) in [4.78, 5) is 4.06. The number of pyridine rings is 1. The van der Waals surface area contributed by atoms with Gasteiger partial charge in [0.1, 0.15) is 5.75 Å². The van der Waals surface area contributed by atoms with Gasteiger partial charge in [-0.15, -0.1) is 0 Å². The molecule has 0 saturated heterocycles. The Bertz CT molecular complexity index is 542. The molecule has 0 fully saturated rings. The Morgan fingerprint density at radius 3 is 2.94 bits per heavy atom. The predicted octanol–water partition coefficient (Wildman–Crippen LogP) is 1.90. The lowest BCUT2D eigenvalue weighted by molar-refractivity contribution is 0.417. The van der Waals surface area contributed by atoms with Crippen molar-refractivity contribution in [2.75, 3.05) is 12.4 Å². The topological polar surface area (TPSA) is 60.2 Å². The summed E-state index contributed by atoms with van der Waals surface area (Å²) in [5.41, 5.74) is 6.26. The van der Waals surface area contributed by atoms with Gasteiger partial charge in [0, 0.05) is 23.2 Å². The molecule has 0 radical (unpaired) electrons. The van der Waals surface area contributed by atoms with E-state index < -0.39 is 0 Å². The first-order chi connectivity index (χ1) is 7.72. The molecule has 0 aliphatic carbocycles. The van der Waals surface area contributed by atoms with Crippen molar-refractivity contribution in [3.8, 4) is 5.75 Å². The molecular weight excluding hydrogens is 222 g/mol. The number of nitrogens with one attached hydrogen (secondary N) is 1. The van der Waals surface area contributed by atoms with E-state index in [4.69, 9.17) is 22.7 Å². The van der Waals surface area contributed by atoms with E-state index in [1.54, 1.807) is 19.5 Å². The van der Waals surface area contributed by atoms with Crippen molar-refractivity contribution in [3.63, 3.8) is 0 Å². The summed E-state index contributed by atoms with van der Waals surface area (Å²) in [6.45, 7) is 0. The molecular formula is C11H11N3OS. The molecule has 0 aliphatic heterocycles. The molecule has 0 atom stereocenters. The van der Waals surface area contributed by atoms with Crippen LogP contribution in [0, 0.1) is 0 Å². The van der Waals surface area contributed by atoms with Crippen LogP contribution < -0.4 is 15.8 Å². The van der Waals surface area contributed by atoms with Crippen molar-refractivity contribution in [2.24, 2.45) is 5.73 Å². The molecule has 0 unspecified atom stereocenters. The maximum atomic E-state index is 5.49. The highest BCUT2D eigenvalue weighted by Gasteiger charge is 2.08. The zero-order chi connectivity index (χ0) is 11.5. The van der Waals surface area contributed by atoms with Crippen molar-refractivity contribution >= 4 is 33.8 Å². The molecule has 1 aromatic heterocycles. The zero-order valence-electron chi connectivity index (χ0n) is 8.73. The number of hydrogen-bond donors (Lipinski definition) is 2. The number of methoxy groups -OCH3 is 1. The Kier molecular flexibility index (Phi) is 2.87. The van der Waals surface area contributed by atoms with Gasteiger partial charge in [-0.05, 0) is 30.4 Å². The van der Waals surface area contributed by atoms with Gasteiger partial charge in [-0.1, -0.05) is 0 Å². The van der Waals surface area contributed by atoms with Crippen LogP contribution in [0.1, 0.15) is 0 Å². The summed E-state index contributed by atoms with van der Waals surface area (Å²) in [7, 11) is 1.60. The fraction of sp³-hybridized carbons (Fsp3) is 0.0909. The first-order valence-corrected chi connectivity index (χ1v) is 5.10. The van der Waals surface area contributed by atoms with E-state index in [2.05, 4.69) is 10.3 Å². The van der Waals surface area contributed by atoms with Gasteiger partial charge in [-0.25, -0.2) is 0 Å². The molecule has 2 aromatic rings. The van der Waals surface area contributed by atoms with E-state index in [0.717, 1.165) is 16.5 Å². The van der Waals surface area contributed by atoms with Gasteiger partial charge in [0.05, 0.1) is 12.8 Å². The molecule has 0 saturated carbocycles. The normalized spacial score (nSPS) is 10.1. The van der Waals surface area contributed by atoms with Crippen LogP contribution in [0.2, 0.25) is 0 Å². The van der Waals surface area contributed by atoms with Gasteiger partial charge in [0.2, 0.25) is 0 Å². The van der Waals surface area contributed by atoms with Crippen LogP contribution in [0.4, 0.5) is 5.69 Å². The highest BCUT2D eigenvalue weighted by atomic mass is 32.1. The van der Waals surface area contributed by atoms with E-state index in [1.807, 2.05) is 18.2 Å². The van der Waals surface area contributed by atoms with E-state index >= 15 is 0 Å². The van der Waals surface area contributed by atoms with Gasteiger partial charge in [-0.2, -0.15) is 0 Å². The Morgan fingerprint density at radius 2 is 2.25 bits per heavy atom. The number of anilines is 1. The van der Waals surface area contributed by atoms with Crippen molar-refractivity contribution in [1.29, 1.82) is 0 Å². The van der Waals surface area contributed by atoms with Crippen molar-refractivity contribution in [1.82, 2.24) is 4.98 Å². The van der Waals surface area contributed by atoms with Crippen LogP contribution in [-0.4, -0.2) is 17.2 Å². The third kappa shape index (κ3) is 1.90. The lowest BCUT2D eigenvalue weighted by Gasteiger charge is -2.12. The highest BCUT2D eigenvalue weighted by Crippen LogP contribution is 2.32. The monoisotopic (exact) mass is 233 g/mol. The third-order valence-corrected chi connectivity index (χ3v) is 2.35. The number of ether oxygens (including phenoxy) is 1.